The number of hydrazone groups is 1. The molecule has 0 saturated heterocycles. The van der Waals surface area contributed by atoms with E-state index in [2.05, 4.69) is 28.7 Å². The molecule has 0 aliphatic heterocycles. The van der Waals surface area contributed by atoms with E-state index >= 15 is 0 Å². The number of allylic oxidation sites excluding steroid dienone is 5. The van der Waals surface area contributed by atoms with Crippen LogP contribution >= 0.6 is 0 Å². The van der Waals surface area contributed by atoms with Crippen molar-refractivity contribution in [2.75, 3.05) is 0 Å². The molecule has 3 heteroatoms. The van der Waals surface area contributed by atoms with E-state index in [4.69, 9.17) is 0 Å². The Labute approximate surface area is 120 Å². The van der Waals surface area contributed by atoms with Gasteiger partial charge in [-0.3, -0.25) is 5.43 Å². The predicted molar refractivity (Wildman–Crippen MR) is 87.9 cm³/mol. The summed E-state index contributed by atoms with van der Waals surface area (Å²) in [6.07, 6.45) is 10.9. The lowest BCUT2D eigenvalue weighted by atomic mass is 10.2. The SMILES string of the molecule is C=C\C=C/C(/C=N/C(=C)N/N=C/c1ccccc1)=C\C. The first kappa shape index (κ1) is 15.4. The summed E-state index contributed by atoms with van der Waals surface area (Å²) in [6, 6.07) is 9.81. The van der Waals surface area contributed by atoms with Crippen LogP contribution in [0.4, 0.5) is 0 Å². The molecule has 0 unspecified atom stereocenters. The molecule has 0 heterocycles. The summed E-state index contributed by atoms with van der Waals surface area (Å²) in [7, 11) is 0. The van der Waals surface area contributed by atoms with E-state index in [0.717, 1.165) is 11.1 Å². The highest BCUT2D eigenvalue weighted by molar-refractivity contribution is 5.83. The van der Waals surface area contributed by atoms with Gasteiger partial charge in [0.15, 0.2) is 0 Å². The third-order valence-corrected chi connectivity index (χ3v) is 2.33. The van der Waals surface area contributed by atoms with Crippen LogP contribution in [0.3, 0.4) is 0 Å². The van der Waals surface area contributed by atoms with Crippen LogP contribution in [0.5, 0.6) is 0 Å². The second-order valence-electron chi connectivity index (χ2n) is 3.87. The lowest BCUT2D eigenvalue weighted by Gasteiger charge is -1.98. The fourth-order valence-electron chi connectivity index (χ4n) is 1.29. The molecule has 20 heavy (non-hydrogen) atoms. The standard InChI is InChI=1S/C17H19N3/c1-4-6-10-16(5-2)13-18-15(3)20-19-14-17-11-8-7-9-12-17/h4-14,20H,1,3H2,2H3/b10-6-,16-5+,18-13+,19-14+. The molecule has 0 spiro atoms. The monoisotopic (exact) mass is 265 g/mol. The Balaban J connectivity index is 2.49. The van der Waals surface area contributed by atoms with Crippen molar-refractivity contribution in [3.63, 3.8) is 0 Å². The first-order chi connectivity index (χ1) is 9.76. The van der Waals surface area contributed by atoms with Gasteiger partial charge in [-0.2, -0.15) is 5.10 Å². The summed E-state index contributed by atoms with van der Waals surface area (Å²) in [5, 5.41) is 4.07. The molecule has 0 fully saturated rings. The van der Waals surface area contributed by atoms with Gasteiger partial charge < -0.3 is 0 Å². The predicted octanol–water partition coefficient (Wildman–Crippen LogP) is 3.84. The molecular weight excluding hydrogens is 246 g/mol. The van der Waals surface area contributed by atoms with Crippen molar-refractivity contribution in [1.29, 1.82) is 0 Å². The van der Waals surface area contributed by atoms with E-state index in [1.54, 1.807) is 18.5 Å². The Morgan fingerprint density at radius 3 is 2.65 bits per heavy atom. The van der Waals surface area contributed by atoms with Crippen molar-refractivity contribution < 1.29 is 0 Å². The van der Waals surface area contributed by atoms with Gasteiger partial charge in [-0.25, -0.2) is 4.99 Å². The summed E-state index contributed by atoms with van der Waals surface area (Å²) in [5.74, 6) is 0.475. The Morgan fingerprint density at radius 1 is 1.25 bits per heavy atom. The van der Waals surface area contributed by atoms with Crippen LogP contribution in [0.2, 0.25) is 0 Å². The minimum atomic E-state index is 0.475. The first-order valence-corrected chi connectivity index (χ1v) is 6.28. The summed E-state index contributed by atoms with van der Waals surface area (Å²) >= 11 is 0. The van der Waals surface area contributed by atoms with Crippen LogP contribution in [-0.2, 0) is 0 Å². The molecule has 1 aromatic carbocycles. The third kappa shape index (κ3) is 6.31. The maximum Gasteiger partial charge on any atom is 0.138 e. The van der Waals surface area contributed by atoms with Crippen LogP contribution in [0.25, 0.3) is 0 Å². The van der Waals surface area contributed by atoms with E-state index in [9.17, 15) is 0 Å². The fourth-order valence-corrected chi connectivity index (χ4v) is 1.29. The number of rotatable bonds is 7. The number of nitrogens with zero attached hydrogens (tertiary/aromatic N) is 2. The van der Waals surface area contributed by atoms with Gasteiger partial charge in [-0.15, -0.1) is 0 Å². The van der Waals surface area contributed by atoms with Crippen LogP contribution in [0.15, 0.2) is 89.3 Å². The first-order valence-electron chi connectivity index (χ1n) is 6.28. The smallest absolute Gasteiger partial charge is 0.138 e. The number of aliphatic imine (C=N–C) groups is 1. The zero-order chi connectivity index (χ0) is 14.6. The molecular formula is C17H19N3. The molecule has 1 N–H and O–H groups in total. The second kappa shape index (κ2) is 9.28. The average molecular weight is 265 g/mol. The normalized spacial score (nSPS) is 12.3. The molecule has 0 bridgehead atoms. The average Bonchev–Trinajstić information content (AvgIpc) is 2.48. The molecule has 0 atom stereocenters. The highest BCUT2D eigenvalue weighted by Crippen LogP contribution is 1.97. The van der Waals surface area contributed by atoms with Crippen LogP contribution in [0, 0.1) is 0 Å². The molecule has 0 saturated carbocycles. The highest BCUT2D eigenvalue weighted by atomic mass is 15.3. The van der Waals surface area contributed by atoms with Gasteiger partial charge in [-0.05, 0) is 18.1 Å². The van der Waals surface area contributed by atoms with Gasteiger partial charge in [0.25, 0.3) is 0 Å². The molecule has 102 valence electrons. The number of hydrogen-bond acceptors (Lipinski definition) is 3. The fraction of sp³-hybridized carbons (Fsp3) is 0.0588. The minimum absolute atomic E-state index is 0.475. The van der Waals surface area contributed by atoms with Crippen LogP contribution < -0.4 is 5.43 Å². The van der Waals surface area contributed by atoms with Crippen LogP contribution in [-0.4, -0.2) is 12.4 Å². The van der Waals surface area contributed by atoms with Crippen molar-refractivity contribution >= 4 is 12.4 Å². The highest BCUT2D eigenvalue weighted by Gasteiger charge is 1.88. The summed E-state index contributed by atoms with van der Waals surface area (Å²) in [6.45, 7) is 9.35. The topological polar surface area (TPSA) is 36.8 Å². The minimum Gasteiger partial charge on any atom is -0.262 e. The Hall–Kier alpha value is -2.68. The lowest BCUT2D eigenvalue weighted by molar-refractivity contribution is 0.884. The summed E-state index contributed by atoms with van der Waals surface area (Å²) < 4.78 is 0. The molecule has 3 nitrogen and oxygen atoms in total. The quantitative estimate of drug-likeness (QED) is 0.454. The zero-order valence-electron chi connectivity index (χ0n) is 11.7. The van der Waals surface area contributed by atoms with Crippen molar-refractivity contribution in [2.45, 2.75) is 6.92 Å². The summed E-state index contributed by atoms with van der Waals surface area (Å²) in [5.41, 5.74) is 4.76. The van der Waals surface area contributed by atoms with E-state index in [1.807, 2.05) is 55.5 Å². The lowest BCUT2D eigenvalue weighted by Crippen LogP contribution is -2.02. The maximum atomic E-state index is 4.18. The molecule has 0 aliphatic rings. The molecule has 1 rings (SSSR count). The van der Waals surface area contributed by atoms with Gasteiger partial charge >= 0.3 is 0 Å². The Bertz CT molecular complexity index is 549. The van der Waals surface area contributed by atoms with Gasteiger partial charge in [-0.1, -0.05) is 67.8 Å². The van der Waals surface area contributed by atoms with E-state index in [-0.39, 0.29) is 0 Å². The second-order valence-corrected chi connectivity index (χ2v) is 3.87. The molecule has 0 amide bonds. The van der Waals surface area contributed by atoms with Crippen molar-refractivity contribution in [2.24, 2.45) is 10.1 Å². The number of nitrogens with one attached hydrogen (secondary N) is 1. The largest absolute Gasteiger partial charge is 0.262 e. The number of hydrogen-bond donors (Lipinski definition) is 1. The van der Waals surface area contributed by atoms with Crippen molar-refractivity contribution in [1.82, 2.24) is 5.43 Å². The third-order valence-electron chi connectivity index (χ3n) is 2.33. The van der Waals surface area contributed by atoms with E-state index in [1.165, 1.54) is 0 Å². The molecule has 0 radical (unpaired) electrons. The Morgan fingerprint density at radius 2 is 2.00 bits per heavy atom. The van der Waals surface area contributed by atoms with Gasteiger partial charge in [0.2, 0.25) is 0 Å². The number of benzene rings is 1. The Kier molecular flexibility index (Phi) is 7.13. The van der Waals surface area contributed by atoms with Crippen LogP contribution in [0.1, 0.15) is 12.5 Å². The molecule has 0 aromatic heterocycles. The maximum absolute atomic E-state index is 4.18. The van der Waals surface area contributed by atoms with Gasteiger partial charge in [0.05, 0.1) is 6.21 Å². The van der Waals surface area contributed by atoms with Crippen molar-refractivity contribution in [3.8, 4) is 0 Å². The molecule has 0 aliphatic carbocycles. The van der Waals surface area contributed by atoms with Gasteiger partial charge in [0.1, 0.15) is 5.82 Å². The molecule has 1 aromatic rings. The van der Waals surface area contributed by atoms with Gasteiger partial charge in [0, 0.05) is 6.21 Å². The van der Waals surface area contributed by atoms with Crippen molar-refractivity contribution in [3.05, 3.63) is 84.8 Å². The van der Waals surface area contributed by atoms with E-state index in [0.29, 0.717) is 5.82 Å². The summed E-state index contributed by atoms with van der Waals surface area (Å²) in [4.78, 5) is 4.18. The zero-order valence-corrected chi connectivity index (χ0v) is 11.7. The van der Waals surface area contributed by atoms with E-state index < -0.39 is 0 Å².